The predicted octanol–water partition coefficient (Wildman–Crippen LogP) is 1.82. The first-order valence-corrected chi connectivity index (χ1v) is 5.77. The molecular weight excluding hydrogens is 242 g/mol. The number of benzene rings is 1. The van der Waals surface area contributed by atoms with Crippen molar-refractivity contribution in [2.75, 3.05) is 0 Å². The van der Waals surface area contributed by atoms with Crippen molar-refractivity contribution in [2.45, 2.75) is 12.5 Å². The second kappa shape index (κ2) is 5.38. The summed E-state index contributed by atoms with van der Waals surface area (Å²) in [6, 6.07) is 12.1. The van der Waals surface area contributed by atoms with E-state index in [-0.39, 0.29) is 6.42 Å². The minimum Gasteiger partial charge on any atom is -0.481 e. The summed E-state index contributed by atoms with van der Waals surface area (Å²) in [6.07, 6.45) is 1.66. The Bertz CT molecular complexity index is 640. The molecular formula is C14H13N3O2. The van der Waals surface area contributed by atoms with Crippen molar-refractivity contribution in [2.24, 2.45) is 5.73 Å². The van der Waals surface area contributed by atoms with Crippen LogP contribution in [0.3, 0.4) is 0 Å². The van der Waals surface area contributed by atoms with Gasteiger partial charge in [0.15, 0.2) is 0 Å². The molecule has 3 N–H and O–H groups in total. The molecule has 0 amide bonds. The van der Waals surface area contributed by atoms with E-state index in [9.17, 15) is 4.79 Å². The molecule has 0 saturated carbocycles. The molecule has 2 aromatic rings. The average molecular weight is 255 g/mol. The smallest absolute Gasteiger partial charge is 0.305 e. The van der Waals surface area contributed by atoms with Crippen molar-refractivity contribution >= 4 is 5.97 Å². The van der Waals surface area contributed by atoms with Crippen LogP contribution in [0.5, 0.6) is 0 Å². The van der Waals surface area contributed by atoms with Gasteiger partial charge in [-0.05, 0) is 30.3 Å². The van der Waals surface area contributed by atoms with Gasteiger partial charge in [0.05, 0.1) is 24.1 Å². The standard InChI is InChI=1S/C14H13N3O2/c15-9-10-3-1-4-11(7-10)17-6-2-5-13(17)12(16)8-14(18)19/h1-7,12H,8,16H2,(H,18,19). The minimum atomic E-state index is -0.939. The first kappa shape index (κ1) is 12.9. The number of aromatic nitrogens is 1. The molecule has 0 aliphatic carbocycles. The van der Waals surface area contributed by atoms with E-state index in [1.54, 1.807) is 41.1 Å². The molecule has 1 unspecified atom stereocenters. The van der Waals surface area contributed by atoms with Gasteiger partial charge >= 0.3 is 5.97 Å². The molecule has 1 aromatic carbocycles. The first-order chi connectivity index (χ1) is 9.11. The number of nitriles is 1. The maximum atomic E-state index is 10.7. The molecule has 1 aromatic heterocycles. The number of hydrogen-bond acceptors (Lipinski definition) is 3. The number of nitrogens with two attached hydrogens (primary N) is 1. The van der Waals surface area contributed by atoms with Crippen LogP contribution in [0.2, 0.25) is 0 Å². The fraction of sp³-hybridized carbons (Fsp3) is 0.143. The molecule has 5 heteroatoms. The Balaban J connectivity index is 2.38. The Morgan fingerprint density at radius 3 is 2.89 bits per heavy atom. The normalized spacial score (nSPS) is 11.8. The average Bonchev–Trinajstić information content (AvgIpc) is 2.87. The number of carboxylic acid groups (broad SMARTS) is 1. The topological polar surface area (TPSA) is 92.0 Å². The van der Waals surface area contributed by atoms with Crippen LogP contribution < -0.4 is 5.73 Å². The van der Waals surface area contributed by atoms with E-state index in [1.807, 2.05) is 6.07 Å². The van der Waals surface area contributed by atoms with Gasteiger partial charge in [-0.15, -0.1) is 0 Å². The lowest BCUT2D eigenvalue weighted by Gasteiger charge is -2.14. The van der Waals surface area contributed by atoms with Gasteiger partial charge in [-0.25, -0.2) is 0 Å². The van der Waals surface area contributed by atoms with E-state index in [0.29, 0.717) is 11.3 Å². The third kappa shape index (κ3) is 2.81. The summed E-state index contributed by atoms with van der Waals surface area (Å²) < 4.78 is 1.80. The maximum Gasteiger partial charge on any atom is 0.305 e. The Kier molecular flexibility index (Phi) is 3.64. The highest BCUT2D eigenvalue weighted by molar-refractivity contribution is 5.67. The van der Waals surface area contributed by atoms with Gasteiger partial charge in [-0.2, -0.15) is 5.26 Å². The molecule has 0 saturated heterocycles. The highest BCUT2D eigenvalue weighted by atomic mass is 16.4. The summed E-state index contributed by atoms with van der Waals surface area (Å²) in [6.45, 7) is 0. The highest BCUT2D eigenvalue weighted by Gasteiger charge is 2.15. The van der Waals surface area contributed by atoms with Crippen molar-refractivity contribution in [3.05, 3.63) is 53.9 Å². The highest BCUT2D eigenvalue weighted by Crippen LogP contribution is 2.20. The Morgan fingerprint density at radius 1 is 1.42 bits per heavy atom. The molecule has 96 valence electrons. The number of hydrogen-bond donors (Lipinski definition) is 2. The molecule has 1 heterocycles. The summed E-state index contributed by atoms with van der Waals surface area (Å²) in [4.78, 5) is 10.7. The summed E-state index contributed by atoms with van der Waals surface area (Å²) >= 11 is 0. The van der Waals surface area contributed by atoms with Crippen LogP contribution in [0.15, 0.2) is 42.6 Å². The van der Waals surface area contributed by atoms with Crippen molar-refractivity contribution in [3.63, 3.8) is 0 Å². The zero-order valence-electron chi connectivity index (χ0n) is 10.2. The van der Waals surface area contributed by atoms with Crippen LogP contribution >= 0.6 is 0 Å². The second-order valence-corrected chi connectivity index (χ2v) is 4.17. The largest absolute Gasteiger partial charge is 0.481 e. The Labute approximate surface area is 110 Å². The molecule has 5 nitrogen and oxygen atoms in total. The summed E-state index contributed by atoms with van der Waals surface area (Å²) in [7, 11) is 0. The van der Waals surface area contributed by atoms with E-state index >= 15 is 0 Å². The molecule has 0 bridgehead atoms. The summed E-state index contributed by atoms with van der Waals surface area (Å²) in [5, 5.41) is 17.7. The monoisotopic (exact) mass is 255 g/mol. The SMILES string of the molecule is N#Cc1cccc(-n2cccc2C(N)CC(=O)O)c1. The third-order valence-electron chi connectivity index (χ3n) is 2.81. The molecule has 0 aliphatic heterocycles. The van der Waals surface area contributed by atoms with Crippen LogP contribution in [0.25, 0.3) is 5.69 Å². The number of nitrogens with zero attached hydrogens (tertiary/aromatic N) is 2. The number of aliphatic carboxylic acids is 1. The number of rotatable bonds is 4. The molecule has 0 aliphatic rings. The van der Waals surface area contributed by atoms with Gasteiger partial charge in [-0.1, -0.05) is 6.07 Å². The summed E-state index contributed by atoms with van der Waals surface area (Å²) in [5.41, 5.74) is 7.93. The van der Waals surface area contributed by atoms with E-state index in [2.05, 4.69) is 6.07 Å². The zero-order valence-corrected chi connectivity index (χ0v) is 10.2. The fourth-order valence-corrected chi connectivity index (χ4v) is 1.95. The lowest BCUT2D eigenvalue weighted by Crippen LogP contribution is -2.18. The van der Waals surface area contributed by atoms with Crippen LogP contribution in [0, 0.1) is 11.3 Å². The predicted molar refractivity (Wildman–Crippen MR) is 69.7 cm³/mol. The van der Waals surface area contributed by atoms with E-state index in [0.717, 1.165) is 5.69 Å². The lowest BCUT2D eigenvalue weighted by molar-refractivity contribution is -0.137. The lowest BCUT2D eigenvalue weighted by atomic mass is 10.1. The van der Waals surface area contributed by atoms with Gasteiger partial charge in [0, 0.05) is 17.6 Å². The molecule has 2 rings (SSSR count). The molecule has 19 heavy (non-hydrogen) atoms. The molecule has 0 spiro atoms. The Morgan fingerprint density at radius 2 is 2.21 bits per heavy atom. The van der Waals surface area contributed by atoms with Gasteiger partial charge in [0.2, 0.25) is 0 Å². The number of carboxylic acids is 1. The van der Waals surface area contributed by atoms with E-state index in [1.165, 1.54) is 0 Å². The minimum absolute atomic E-state index is 0.137. The Hall–Kier alpha value is -2.58. The van der Waals surface area contributed by atoms with Crippen molar-refractivity contribution in [1.82, 2.24) is 4.57 Å². The van der Waals surface area contributed by atoms with E-state index in [4.69, 9.17) is 16.1 Å². The molecule has 0 fully saturated rings. The van der Waals surface area contributed by atoms with Crippen LogP contribution in [0.4, 0.5) is 0 Å². The van der Waals surface area contributed by atoms with Crippen molar-refractivity contribution in [3.8, 4) is 11.8 Å². The maximum absolute atomic E-state index is 10.7. The summed E-state index contributed by atoms with van der Waals surface area (Å²) in [5.74, 6) is -0.939. The second-order valence-electron chi connectivity index (χ2n) is 4.17. The zero-order chi connectivity index (χ0) is 13.8. The van der Waals surface area contributed by atoms with Crippen molar-refractivity contribution < 1.29 is 9.90 Å². The van der Waals surface area contributed by atoms with Gasteiger partial charge in [0.1, 0.15) is 0 Å². The van der Waals surface area contributed by atoms with E-state index < -0.39 is 12.0 Å². The van der Waals surface area contributed by atoms with Crippen LogP contribution in [-0.2, 0) is 4.79 Å². The quantitative estimate of drug-likeness (QED) is 0.871. The van der Waals surface area contributed by atoms with Crippen LogP contribution in [0.1, 0.15) is 23.7 Å². The van der Waals surface area contributed by atoms with Gasteiger partial charge in [-0.3, -0.25) is 4.79 Å². The van der Waals surface area contributed by atoms with Crippen LogP contribution in [-0.4, -0.2) is 15.6 Å². The van der Waals surface area contributed by atoms with Crippen molar-refractivity contribution in [1.29, 1.82) is 5.26 Å². The van der Waals surface area contributed by atoms with Gasteiger partial charge < -0.3 is 15.4 Å². The third-order valence-corrected chi connectivity index (χ3v) is 2.81. The molecule has 0 radical (unpaired) electrons. The fourth-order valence-electron chi connectivity index (χ4n) is 1.95. The number of carbonyl (C=O) groups is 1. The first-order valence-electron chi connectivity index (χ1n) is 5.77. The van der Waals surface area contributed by atoms with Gasteiger partial charge in [0.25, 0.3) is 0 Å². The molecule has 1 atom stereocenters.